The van der Waals surface area contributed by atoms with Crippen molar-refractivity contribution in [2.45, 2.75) is 76.3 Å². The second-order valence-electron chi connectivity index (χ2n) is 8.72. The molecular formula is C22H30N4O4. The van der Waals surface area contributed by atoms with Gasteiger partial charge in [0.05, 0.1) is 6.61 Å². The molecule has 30 heavy (non-hydrogen) atoms. The molecule has 2 saturated carbocycles. The van der Waals surface area contributed by atoms with Crippen molar-refractivity contribution >= 4 is 23.7 Å². The molecule has 3 fully saturated rings. The smallest absolute Gasteiger partial charge is 0.325 e. The average molecular weight is 415 g/mol. The maximum absolute atomic E-state index is 12.9. The van der Waals surface area contributed by atoms with E-state index in [0.717, 1.165) is 30.6 Å². The van der Waals surface area contributed by atoms with Crippen LogP contribution in [0.3, 0.4) is 0 Å². The Kier molecular flexibility index (Phi) is 5.92. The molecule has 2 heterocycles. The van der Waals surface area contributed by atoms with Gasteiger partial charge in [0, 0.05) is 6.20 Å². The van der Waals surface area contributed by atoms with Gasteiger partial charge in [-0.1, -0.05) is 32.1 Å². The second kappa shape index (κ2) is 8.62. The lowest BCUT2D eigenvalue weighted by atomic mass is 9.90. The number of amides is 4. The molecule has 1 aliphatic heterocycles. The predicted octanol–water partition coefficient (Wildman–Crippen LogP) is 3.23. The average Bonchev–Trinajstić information content (AvgIpc) is 3.32. The number of hydrogen-bond donors (Lipinski definition) is 2. The van der Waals surface area contributed by atoms with E-state index in [2.05, 4.69) is 15.6 Å². The summed E-state index contributed by atoms with van der Waals surface area (Å²) in [5, 5.41) is 5.56. The topological polar surface area (TPSA) is 101 Å². The fraction of sp³-hybridized carbons (Fsp3) is 0.636. The van der Waals surface area contributed by atoms with Gasteiger partial charge in [-0.3, -0.25) is 9.59 Å². The molecule has 0 bridgehead atoms. The summed E-state index contributed by atoms with van der Waals surface area (Å²) in [5.74, 6) is 0.577. The van der Waals surface area contributed by atoms with E-state index in [9.17, 15) is 14.4 Å². The maximum atomic E-state index is 12.9. The lowest BCUT2D eigenvalue weighted by Gasteiger charge is -2.24. The van der Waals surface area contributed by atoms with Crippen LogP contribution in [0, 0.1) is 5.92 Å². The number of carbonyl (C=O) groups is 3. The van der Waals surface area contributed by atoms with Gasteiger partial charge in [0.15, 0.2) is 11.6 Å². The van der Waals surface area contributed by atoms with E-state index in [1.807, 2.05) is 0 Å². The first kappa shape index (κ1) is 20.6. The van der Waals surface area contributed by atoms with Gasteiger partial charge < -0.3 is 15.4 Å². The highest BCUT2D eigenvalue weighted by molar-refractivity contribution is 6.11. The van der Waals surface area contributed by atoms with Gasteiger partial charge in [-0.05, 0) is 50.7 Å². The first-order chi connectivity index (χ1) is 14.5. The van der Waals surface area contributed by atoms with Gasteiger partial charge in [0.2, 0.25) is 5.91 Å². The maximum Gasteiger partial charge on any atom is 0.325 e. The van der Waals surface area contributed by atoms with E-state index in [1.165, 1.54) is 19.3 Å². The SMILES string of the molecule is CC(C(=O)Nc1ncccc1OCC1CCCCC1)N1C(=O)NC2(CCCC2)C1=O. The molecule has 0 aromatic carbocycles. The molecule has 8 heteroatoms. The van der Waals surface area contributed by atoms with Crippen molar-refractivity contribution in [1.82, 2.24) is 15.2 Å². The van der Waals surface area contributed by atoms with Crippen LogP contribution < -0.4 is 15.4 Å². The molecule has 8 nitrogen and oxygen atoms in total. The van der Waals surface area contributed by atoms with E-state index in [1.54, 1.807) is 25.3 Å². The number of nitrogens with zero attached hydrogens (tertiary/aromatic N) is 2. The number of hydrogen-bond acceptors (Lipinski definition) is 5. The third kappa shape index (κ3) is 4.00. The van der Waals surface area contributed by atoms with Crippen molar-refractivity contribution in [3.63, 3.8) is 0 Å². The quantitative estimate of drug-likeness (QED) is 0.696. The lowest BCUT2D eigenvalue weighted by molar-refractivity contribution is -0.136. The normalized spacial score (nSPS) is 22.2. The monoisotopic (exact) mass is 414 g/mol. The van der Waals surface area contributed by atoms with Crippen LogP contribution in [0.1, 0.15) is 64.7 Å². The lowest BCUT2D eigenvalue weighted by Crippen LogP contribution is -2.48. The van der Waals surface area contributed by atoms with Gasteiger partial charge in [0.25, 0.3) is 5.91 Å². The number of imide groups is 1. The number of anilines is 1. The molecule has 1 aromatic heterocycles. The minimum Gasteiger partial charge on any atom is -0.489 e. The summed E-state index contributed by atoms with van der Waals surface area (Å²) in [6.07, 6.45) is 10.7. The summed E-state index contributed by atoms with van der Waals surface area (Å²) in [6, 6.07) is 2.10. The molecule has 1 aromatic rings. The van der Waals surface area contributed by atoms with Crippen molar-refractivity contribution in [2.75, 3.05) is 11.9 Å². The molecule has 3 aliphatic rings. The van der Waals surface area contributed by atoms with Crippen LogP contribution in [0.5, 0.6) is 5.75 Å². The summed E-state index contributed by atoms with van der Waals surface area (Å²) < 4.78 is 5.96. The summed E-state index contributed by atoms with van der Waals surface area (Å²) in [7, 11) is 0. The molecular weight excluding hydrogens is 384 g/mol. The number of rotatable bonds is 6. The molecule has 2 N–H and O–H groups in total. The van der Waals surface area contributed by atoms with Crippen LogP contribution >= 0.6 is 0 Å². The zero-order valence-corrected chi connectivity index (χ0v) is 17.5. The summed E-state index contributed by atoms with van der Waals surface area (Å²) >= 11 is 0. The highest BCUT2D eigenvalue weighted by Crippen LogP contribution is 2.36. The molecule has 162 valence electrons. The predicted molar refractivity (Wildman–Crippen MR) is 111 cm³/mol. The van der Waals surface area contributed by atoms with E-state index < -0.39 is 23.5 Å². The molecule has 2 aliphatic carbocycles. The van der Waals surface area contributed by atoms with Crippen LogP contribution in [0.25, 0.3) is 0 Å². The van der Waals surface area contributed by atoms with Gasteiger partial charge in [-0.25, -0.2) is 14.7 Å². The molecule has 0 radical (unpaired) electrons. The highest BCUT2D eigenvalue weighted by Gasteiger charge is 2.54. The Bertz CT molecular complexity index is 815. The number of aromatic nitrogens is 1. The number of ether oxygens (including phenoxy) is 1. The molecule has 1 unspecified atom stereocenters. The number of urea groups is 1. The van der Waals surface area contributed by atoms with Gasteiger partial charge in [0.1, 0.15) is 11.6 Å². The number of carbonyl (C=O) groups excluding carboxylic acids is 3. The largest absolute Gasteiger partial charge is 0.489 e. The Balaban J connectivity index is 1.41. The van der Waals surface area contributed by atoms with E-state index in [0.29, 0.717) is 36.9 Å². The summed E-state index contributed by atoms with van der Waals surface area (Å²) in [4.78, 5) is 43.5. The highest BCUT2D eigenvalue weighted by atomic mass is 16.5. The van der Waals surface area contributed by atoms with Gasteiger partial charge in [-0.15, -0.1) is 0 Å². The van der Waals surface area contributed by atoms with Crippen LogP contribution in [0.4, 0.5) is 10.6 Å². The van der Waals surface area contributed by atoms with Crippen molar-refractivity contribution in [2.24, 2.45) is 5.92 Å². The summed E-state index contributed by atoms with van der Waals surface area (Å²) in [5.41, 5.74) is -0.828. The van der Waals surface area contributed by atoms with Crippen molar-refractivity contribution < 1.29 is 19.1 Å². The number of nitrogens with one attached hydrogen (secondary N) is 2. The standard InChI is InChI=1S/C22H30N4O4/c1-15(26-20(28)22(25-21(26)29)11-5-6-12-22)19(27)24-18-17(10-7-13-23-18)30-14-16-8-3-2-4-9-16/h7,10,13,15-16H,2-6,8-9,11-12,14H2,1H3,(H,25,29)(H,23,24,27). The van der Waals surface area contributed by atoms with E-state index in [-0.39, 0.29) is 5.91 Å². The van der Waals surface area contributed by atoms with Crippen LogP contribution in [0.2, 0.25) is 0 Å². The molecule has 1 atom stereocenters. The first-order valence-corrected chi connectivity index (χ1v) is 11.0. The minimum absolute atomic E-state index is 0.303. The number of pyridine rings is 1. The Morgan fingerprint density at radius 2 is 2.00 bits per heavy atom. The van der Waals surface area contributed by atoms with Crippen molar-refractivity contribution in [1.29, 1.82) is 0 Å². The Morgan fingerprint density at radius 3 is 2.73 bits per heavy atom. The third-order valence-electron chi connectivity index (χ3n) is 6.63. The van der Waals surface area contributed by atoms with Crippen LogP contribution in [-0.2, 0) is 9.59 Å². The zero-order valence-electron chi connectivity index (χ0n) is 17.5. The van der Waals surface area contributed by atoms with Gasteiger partial charge in [-0.2, -0.15) is 0 Å². The second-order valence-corrected chi connectivity index (χ2v) is 8.72. The van der Waals surface area contributed by atoms with Crippen molar-refractivity contribution in [3.8, 4) is 5.75 Å². The first-order valence-electron chi connectivity index (χ1n) is 11.0. The molecule has 4 rings (SSSR count). The Labute approximate surface area is 176 Å². The fourth-order valence-electron chi connectivity index (χ4n) is 4.81. The Hall–Kier alpha value is -2.64. The molecule has 4 amide bonds. The van der Waals surface area contributed by atoms with E-state index in [4.69, 9.17) is 4.74 Å². The third-order valence-corrected chi connectivity index (χ3v) is 6.63. The summed E-state index contributed by atoms with van der Waals surface area (Å²) in [6.45, 7) is 2.16. The van der Waals surface area contributed by atoms with E-state index >= 15 is 0 Å². The minimum atomic E-state index is -0.939. The van der Waals surface area contributed by atoms with Crippen molar-refractivity contribution in [3.05, 3.63) is 18.3 Å². The molecule has 1 spiro atoms. The zero-order chi connectivity index (χ0) is 21.1. The Morgan fingerprint density at radius 1 is 1.27 bits per heavy atom. The van der Waals surface area contributed by atoms with Crippen LogP contribution in [0.15, 0.2) is 18.3 Å². The molecule has 1 saturated heterocycles. The fourth-order valence-corrected chi connectivity index (χ4v) is 4.81. The van der Waals surface area contributed by atoms with Crippen LogP contribution in [-0.4, -0.2) is 45.9 Å². The van der Waals surface area contributed by atoms with Gasteiger partial charge >= 0.3 is 6.03 Å².